The zero-order valence-corrected chi connectivity index (χ0v) is 42.6. The predicted molar refractivity (Wildman–Crippen MR) is 267 cm³/mol. The topological polar surface area (TPSA) is 192 Å². The molecule has 6 N–H and O–H groups in total. The van der Waals surface area contributed by atoms with Crippen LogP contribution in [0.2, 0.25) is 0 Å². The number of esters is 1. The zero-order valence-electron chi connectivity index (χ0n) is 41.7. The lowest BCUT2D eigenvalue weighted by atomic mass is 9.85. The van der Waals surface area contributed by atoms with Gasteiger partial charge >= 0.3 is 13.8 Å². The van der Waals surface area contributed by atoms with Gasteiger partial charge in [0, 0.05) is 13.0 Å². The molecule has 66 heavy (non-hydrogen) atoms. The summed E-state index contributed by atoms with van der Waals surface area (Å²) in [6, 6.07) is 0. The number of allylic oxidation sites excluding steroid dienone is 6. The lowest BCUT2D eigenvalue weighted by molar-refractivity contribution is -0.220. The smallest absolute Gasteiger partial charge is 0.457 e. The molecule has 1 aliphatic carbocycles. The van der Waals surface area contributed by atoms with E-state index in [1.54, 1.807) is 0 Å². The summed E-state index contributed by atoms with van der Waals surface area (Å²) in [5.41, 5.74) is 0. The average Bonchev–Trinajstić information content (AvgIpc) is 3.30. The molecule has 0 heterocycles. The number of hydrogen-bond donors (Lipinski definition) is 6. The number of aliphatic hydroxyl groups is 5. The predicted octanol–water partition coefficient (Wildman–Crippen LogP) is 12.2. The van der Waals surface area contributed by atoms with Crippen molar-refractivity contribution in [1.29, 1.82) is 0 Å². The highest BCUT2D eigenvalue weighted by Crippen LogP contribution is 2.47. The molecule has 6 atom stereocenters. The van der Waals surface area contributed by atoms with Crippen LogP contribution in [0.5, 0.6) is 0 Å². The van der Waals surface area contributed by atoms with Crippen molar-refractivity contribution in [3.63, 3.8) is 0 Å². The summed E-state index contributed by atoms with van der Waals surface area (Å²) in [6.07, 6.45) is 40.6. The Morgan fingerprint density at radius 1 is 0.485 bits per heavy atom. The van der Waals surface area contributed by atoms with Crippen LogP contribution in [0.25, 0.3) is 0 Å². The van der Waals surface area contributed by atoms with Crippen molar-refractivity contribution in [2.45, 2.75) is 275 Å². The van der Waals surface area contributed by atoms with Crippen molar-refractivity contribution in [3.8, 4) is 0 Å². The van der Waals surface area contributed by atoms with Crippen molar-refractivity contribution in [2.75, 3.05) is 19.8 Å². The van der Waals surface area contributed by atoms with Gasteiger partial charge < -0.3 is 39.9 Å². The number of phosphoric ester groups is 1. The first-order valence-corrected chi connectivity index (χ1v) is 28.3. The second kappa shape index (κ2) is 43.6. The van der Waals surface area contributed by atoms with Crippen LogP contribution in [-0.2, 0) is 27.9 Å². The SMILES string of the molecule is CCCCCCC/C=C\C/C=C\C/C=C\CCCCCCCCCCC(=O)OC(COCCCCCCCCCCCCCCCCCC)COP(=O)(O)OC1C(O)C(O)C(O)C(O)C1O. The van der Waals surface area contributed by atoms with Gasteiger partial charge in [-0.2, -0.15) is 0 Å². The standard InChI is InChI=1S/C53H99O12P/c1-3-5-7-9-11-13-15-17-19-21-22-23-24-25-26-27-28-30-32-34-36-38-40-42-47(54)64-46(45-63-66(60,61)65-53-51(58)49(56)48(55)50(57)52(53)59)44-62-43-41-39-37-35-33-31-29-20-18-16-14-12-10-8-6-4-2/h15,17,21-22,24-25,46,48-53,55-59H,3-14,16,18-20,23,26-45H2,1-2H3,(H,60,61)/b17-15-,22-21-,25-24-. The zero-order chi connectivity index (χ0) is 48.4. The van der Waals surface area contributed by atoms with Crippen molar-refractivity contribution in [3.05, 3.63) is 36.5 Å². The van der Waals surface area contributed by atoms with Crippen molar-refractivity contribution < 1.29 is 58.3 Å². The number of rotatable bonds is 46. The summed E-state index contributed by atoms with van der Waals surface area (Å²) in [5.74, 6) is -0.481. The highest BCUT2D eigenvalue weighted by Gasteiger charge is 2.51. The molecule has 1 aliphatic rings. The third-order valence-corrected chi connectivity index (χ3v) is 13.5. The summed E-state index contributed by atoms with van der Waals surface area (Å²) in [7, 11) is -5.02. The molecule has 0 radical (unpaired) electrons. The monoisotopic (exact) mass is 959 g/mol. The number of carbonyl (C=O) groups is 1. The van der Waals surface area contributed by atoms with Crippen LogP contribution in [0.4, 0.5) is 0 Å². The Balaban J connectivity index is 2.32. The fourth-order valence-corrected chi connectivity index (χ4v) is 9.22. The van der Waals surface area contributed by atoms with Gasteiger partial charge in [-0.05, 0) is 51.4 Å². The highest BCUT2D eigenvalue weighted by atomic mass is 31.2. The first kappa shape index (κ1) is 62.6. The van der Waals surface area contributed by atoms with Gasteiger partial charge in [0.1, 0.15) is 42.7 Å². The Kier molecular flexibility index (Phi) is 41.3. The highest BCUT2D eigenvalue weighted by molar-refractivity contribution is 7.47. The number of aliphatic hydroxyl groups excluding tert-OH is 5. The Bertz CT molecular complexity index is 1230. The lowest BCUT2D eigenvalue weighted by Gasteiger charge is -2.41. The van der Waals surface area contributed by atoms with E-state index in [0.717, 1.165) is 64.2 Å². The van der Waals surface area contributed by atoms with Crippen LogP contribution in [0.1, 0.15) is 232 Å². The molecule has 0 aromatic heterocycles. The van der Waals surface area contributed by atoms with Gasteiger partial charge in [0.25, 0.3) is 0 Å². The molecule has 0 aliphatic heterocycles. The third kappa shape index (κ3) is 34.8. The minimum absolute atomic E-state index is 0.0766. The molecule has 0 saturated heterocycles. The van der Waals surface area contributed by atoms with Crippen LogP contribution in [-0.4, -0.2) is 98.9 Å². The van der Waals surface area contributed by atoms with Crippen LogP contribution in [0.15, 0.2) is 36.5 Å². The third-order valence-electron chi connectivity index (χ3n) is 12.5. The lowest BCUT2D eigenvalue weighted by Crippen LogP contribution is -2.64. The van der Waals surface area contributed by atoms with Gasteiger partial charge in [-0.15, -0.1) is 0 Å². The molecule has 0 aromatic rings. The van der Waals surface area contributed by atoms with Crippen LogP contribution < -0.4 is 0 Å². The molecular formula is C53H99O12P. The normalized spacial score (nSPS) is 21.6. The largest absolute Gasteiger partial charge is 0.472 e. The second-order valence-corrected chi connectivity index (χ2v) is 20.1. The number of phosphoric acid groups is 1. The van der Waals surface area contributed by atoms with E-state index >= 15 is 0 Å². The molecule has 0 spiro atoms. The molecule has 13 heteroatoms. The van der Waals surface area contributed by atoms with E-state index < -0.39 is 63.1 Å². The number of hydrogen-bond acceptors (Lipinski definition) is 11. The molecule has 1 rings (SSSR count). The molecule has 1 saturated carbocycles. The molecule has 0 aromatic carbocycles. The van der Waals surface area contributed by atoms with E-state index in [0.29, 0.717) is 13.0 Å². The minimum atomic E-state index is -5.02. The summed E-state index contributed by atoms with van der Waals surface area (Å²) in [6.45, 7) is 4.28. The van der Waals surface area contributed by atoms with E-state index in [4.69, 9.17) is 18.5 Å². The first-order chi connectivity index (χ1) is 32.0. The maximum atomic E-state index is 12.9. The first-order valence-electron chi connectivity index (χ1n) is 26.8. The van der Waals surface area contributed by atoms with Gasteiger partial charge in [0.2, 0.25) is 0 Å². The van der Waals surface area contributed by atoms with E-state index in [1.165, 1.54) is 141 Å². The minimum Gasteiger partial charge on any atom is -0.457 e. The molecule has 0 amide bonds. The Morgan fingerprint density at radius 3 is 1.29 bits per heavy atom. The summed E-state index contributed by atoms with van der Waals surface area (Å²) in [4.78, 5) is 23.3. The quantitative estimate of drug-likeness (QED) is 0.0147. The molecule has 0 bridgehead atoms. The van der Waals surface area contributed by atoms with Crippen LogP contribution in [0, 0.1) is 0 Å². The fraction of sp³-hybridized carbons (Fsp3) is 0.868. The van der Waals surface area contributed by atoms with E-state index in [-0.39, 0.29) is 13.0 Å². The maximum Gasteiger partial charge on any atom is 0.472 e. The fourth-order valence-electron chi connectivity index (χ4n) is 8.25. The van der Waals surface area contributed by atoms with E-state index in [2.05, 4.69) is 50.3 Å². The van der Waals surface area contributed by atoms with Gasteiger partial charge in [-0.1, -0.05) is 211 Å². The van der Waals surface area contributed by atoms with Crippen LogP contribution >= 0.6 is 7.82 Å². The summed E-state index contributed by atoms with van der Waals surface area (Å²) >= 11 is 0. The molecule has 12 nitrogen and oxygen atoms in total. The van der Waals surface area contributed by atoms with Crippen LogP contribution in [0.3, 0.4) is 0 Å². The van der Waals surface area contributed by atoms with E-state index in [9.17, 15) is 39.8 Å². The number of carbonyl (C=O) groups excluding carboxylic acids is 1. The van der Waals surface area contributed by atoms with Crippen molar-refractivity contribution >= 4 is 13.8 Å². The van der Waals surface area contributed by atoms with Gasteiger partial charge in [0.05, 0.1) is 13.2 Å². The number of unbranched alkanes of at least 4 members (excludes halogenated alkanes) is 28. The molecule has 1 fully saturated rings. The Morgan fingerprint density at radius 2 is 0.848 bits per heavy atom. The molecular weight excluding hydrogens is 860 g/mol. The Labute approximate surface area is 402 Å². The van der Waals surface area contributed by atoms with Gasteiger partial charge in [-0.25, -0.2) is 4.57 Å². The summed E-state index contributed by atoms with van der Waals surface area (Å²) in [5, 5.41) is 50.3. The van der Waals surface area contributed by atoms with Crippen molar-refractivity contribution in [2.24, 2.45) is 0 Å². The summed E-state index contributed by atoms with van der Waals surface area (Å²) < 4.78 is 34.3. The van der Waals surface area contributed by atoms with Gasteiger partial charge in [-0.3, -0.25) is 13.8 Å². The number of ether oxygens (including phenoxy) is 2. The van der Waals surface area contributed by atoms with Crippen molar-refractivity contribution in [1.82, 2.24) is 0 Å². The van der Waals surface area contributed by atoms with E-state index in [1.807, 2.05) is 0 Å². The maximum absolute atomic E-state index is 12.9. The second-order valence-electron chi connectivity index (χ2n) is 18.7. The molecule has 6 unspecified atom stereocenters. The average molecular weight is 959 g/mol. The van der Waals surface area contributed by atoms with Gasteiger partial charge in [0.15, 0.2) is 0 Å². The molecule has 388 valence electrons. The Hall–Kier alpha value is -1.44.